The molecular formula is C16H18O2S. The molecule has 2 atom stereocenters. The van der Waals surface area contributed by atoms with Crippen LogP contribution in [0, 0.1) is 6.92 Å². The van der Waals surface area contributed by atoms with Gasteiger partial charge in [0.25, 0.3) is 0 Å². The summed E-state index contributed by atoms with van der Waals surface area (Å²) in [6.45, 7) is 2.79. The lowest BCUT2D eigenvalue weighted by Gasteiger charge is -2.27. The van der Waals surface area contributed by atoms with E-state index in [-0.39, 0.29) is 6.10 Å². The minimum Gasteiger partial charge on any atom is -0.387 e. The highest BCUT2D eigenvalue weighted by molar-refractivity contribution is 7.10. The summed E-state index contributed by atoms with van der Waals surface area (Å²) in [4.78, 5) is 1.06. The molecule has 2 heterocycles. The summed E-state index contributed by atoms with van der Waals surface area (Å²) in [6, 6.07) is 10.4. The lowest BCUT2D eigenvalue weighted by atomic mass is 9.93. The fourth-order valence-corrected chi connectivity index (χ4v) is 3.63. The van der Waals surface area contributed by atoms with Gasteiger partial charge in [-0.1, -0.05) is 24.3 Å². The van der Waals surface area contributed by atoms with Crippen molar-refractivity contribution in [1.29, 1.82) is 0 Å². The Morgan fingerprint density at radius 2 is 2.21 bits per heavy atom. The molecule has 0 amide bonds. The molecule has 0 aliphatic carbocycles. The van der Waals surface area contributed by atoms with Gasteiger partial charge in [0.05, 0.1) is 18.8 Å². The molecule has 3 heteroatoms. The molecule has 1 aliphatic heterocycles. The van der Waals surface area contributed by atoms with E-state index in [9.17, 15) is 5.11 Å². The number of hydrogen-bond donors (Lipinski definition) is 1. The van der Waals surface area contributed by atoms with Crippen LogP contribution in [0.4, 0.5) is 0 Å². The minimum atomic E-state index is -0.434. The molecule has 0 saturated heterocycles. The van der Waals surface area contributed by atoms with E-state index in [4.69, 9.17) is 4.74 Å². The third-order valence-electron chi connectivity index (χ3n) is 3.73. The number of hydrogen-bond acceptors (Lipinski definition) is 3. The summed E-state index contributed by atoms with van der Waals surface area (Å²) < 4.78 is 5.86. The average Bonchev–Trinajstić information content (AvgIpc) is 2.85. The fourth-order valence-electron chi connectivity index (χ4n) is 2.71. The molecule has 1 aromatic carbocycles. The van der Waals surface area contributed by atoms with Crippen LogP contribution in [0.2, 0.25) is 0 Å². The van der Waals surface area contributed by atoms with Crippen molar-refractivity contribution < 1.29 is 9.84 Å². The second kappa shape index (κ2) is 5.45. The molecule has 100 valence electrons. The molecule has 1 aromatic heterocycles. The molecule has 0 saturated carbocycles. The molecule has 1 N–H and O–H groups in total. The molecule has 19 heavy (non-hydrogen) atoms. The highest BCUT2D eigenvalue weighted by atomic mass is 32.1. The van der Waals surface area contributed by atoms with Crippen molar-refractivity contribution >= 4 is 11.3 Å². The van der Waals surface area contributed by atoms with Gasteiger partial charge in [-0.3, -0.25) is 0 Å². The van der Waals surface area contributed by atoms with E-state index in [0.717, 1.165) is 17.9 Å². The van der Waals surface area contributed by atoms with Crippen LogP contribution in [-0.4, -0.2) is 11.7 Å². The van der Waals surface area contributed by atoms with E-state index in [0.29, 0.717) is 6.42 Å². The molecule has 0 bridgehead atoms. The third-order valence-corrected chi connectivity index (χ3v) is 4.85. The molecule has 0 spiro atoms. The van der Waals surface area contributed by atoms with Gasteiger partial charge in [0, 0.05) is 11.3 Å². The van der Waals surface area contributed by atoms with E-state index in [1.165, 1.54) is 16.7 Å². The Morgan fingerprint density at radius 3 is 3.00 bits per heavy atom. The second-order valence-electron chi connectivity index (χ2n) is 5.03. The van der Waals surface area contributed by atoms with Gasteiger partial charge in [0.1, 0.15) is 0 Å². The van der Waals surface area contributed by atoms with Crippen molar-refractivity contribution in [3.05, 3.63) is 57.3 Å². The third kappa shape index (κ3) is 2.59. The minimum absolute atomic E-state index is 0.0152. The lowest BCUT2D eigenvalue weighted by molar-refractivity contribution is 0.00446. The largest absolute Gasteiger partial charge is 0.387 e. The monoisotopic (exact) mass is 274 g/mol. The molecule has 2 aromatic rings. The van der Waals surface area contributed by atoms with Crippen molar-refractivity contribution in [2.75, 3.05) is 6.61 Å². The Balaban J connectivity index is 1.80. The molecule has 3 rings (SSSR count). The number of rotatable bonds is 3. The Morgan fingerprint density at radius 1 is 1.37 bits per heavy atom. The second-order valence-corrected chi connectivity index (χ2v) is 5.98. The smallest absolute Gasteiger partial charge is 0.0912 e. The first-order valence-corrected chi connectivity index (χ1v) is 7.55. The predicted octanol–water partition coefficient (Wildman–Crippen LogP) is 3.79. The quantitative estimate of drug-likeness (QED) is 0.922. The standard InChI is InChI=1S/C16H18O2S/c1-11-7-9-19-16(11)14(17)10-15-13-5-3-2-4-12(13)6-8-18-15/h2-5,7,9,14-15,17H,6,8,10H2,1H3. The normalized spacial score (nSPS) is 20.0. The average molecular weight is 274 g/mol. The summed E-state index contributed by atoms with van der Waals surface area (Å²) in [5.41, 5.74) is 3.76. The van der Waals surface area contributed by atoms with Gasteiger partial charge in [0.15, 0.2) is 0 Å². The predicted molar refractivity (Wildman–Crippen MR) is 77.5 cm³/mol. The van der Waals surface area contributed by atoms with Crippen LogP contribution in [0.25, 0.3) is 0 Å². The zero-order valence-corrected chi connectivity index (χ0v) is 11.8. The number of benzene rings is 1. The highest BCUT2D eigenvalue weighted by Gasteiger charge is 2.24. The molecular weight excluding hydrogens is 256 g/mol. The first kappa shape index (κ1) is 12.9. The van der Waals surface area contributed by atoms with Crippen molar-refractivity contribution in [3.8, 4) is 0 Å². The first-order chi connectivity index (χ1) is 9.25. The van der Waals surface area contributed by atoms with Gasteiger partial charge < -0.3 is 9.84 Å². The number of thiophene rings is 1. The summed E-state index contributed by atoms with van der Waals surface area (Å²) in [6.07, 6.45) is 1.19. The molecule has 0 radical (unpaired) electrons. The maximum atomic E-state index is 10.4. The maximum Gasteiger partial charge on any atom is 0.0912 e. The lowest BCUT2D eigenvalue weighted by Crippen LogP contribution is -2.18. The topological polar surface area (TPSA) is 29.5 Å². The Hall–Kier alpha value is -1.16. The number of fused-ring (bicyclic) bond motifs is 1. The van der Waals surface area contributed by atoms with Crippen molar-refractivity contribution in [2.45, 2.75) is 32.0 Å². The fraction of sp³-hybridized carbons (Fsp3) is 0.375. The zero-order chi connectivity index (χ0) is 13.2. The van der Waals surface area contributed by atoms with Crippen molar-refractivity contribution in [1.82, 2.24) is 0 Å². The van der Waals surface area contributed by atoms with Gasteiger partial charge in [0.2, 0.25) is 0 Å². The van der Waals surface area contributed by atoms with Crippen LogP contribution >= 0.6 is 11.3 Å². The SMILES string of the molecule is Cc1ccsc1C(O)CC1OCCc2ccccc21. The molecule has 2 nitrogen and oxygen atoms in total. The molecule has 0 fully saturated rings. The molecule has 1 aliphatic rings. The van der Waals surface area contributed by atoms with Crippen LogP contribution in [0.1, 0.15) is 40.2 Å². The highest BCUT2D eigenvalue weighted by Crippen LogP contribution is 2.36. The number of ether oxygens (including phenoxy) is 1. The Bertz CT molecular complexity index is 561. The van der Waals surface area contributed by atoms with E-state index in [2.05, 4.69) is 24.3 Å². The van der Waals surface area contributed by atoms with Crippen LogP contribution < -0.4 is 0 Å². The summed E-state index contributed by atoms with van der Waals surface area (Å²) in [5.74, 6) is 0. The Kier molecular flexibility index (Phi) is 3.69. The van der Waals surface area contributed by atoms with Crippen molar-refractivity contribution in [3.63, 3.8) is 0 Å². The molecule has 2 unspecified atom stereocenters. The Labute approximate surface area is 117 Å². The number of aryl methyl sites for hydroxylation is 1. The zero-order valence-electron chi connectivity index (χ0n) is 11.0. The summed E-state index contributed by atoms with van der Waals surface area (Å²) >= 11 is 1.62. The van der Waals surface area contributed by atoms with E-state index in [1.54, 1.807) is 11.3 Å². The maximum absolute atomic E-state index is 10.4. The van der Waals surface area contributed by atoms with E-state index >= 15 is 0 Å². The number of aliphatic hydroxyl groups is 1. The summed E-state index contributed by atoms with van der Waals surface area (Å²) in [5, 5.41) is 12.4. The van der Waals surface area contributed by atoms with Crippen LogP contribution in [-0.2, 0) is 11.2 Å². The van der Waals surface area contributed by atoms with Gasteiger partial charge >= 0.3 is 0 Å². The van der Waals surface area contributed by atoms with Gasteiger partial charge in [-0.05, 0) is 41.5 Å². The summed E-state index contributed by atoms with van der Waals surface area (Å²) in [7, 11) is 0. The number of aliphatic hydroxyl groups excluding tert-OH is 1. The van der Waals surface area contributed by atoms with E-state index in [1.807, 2.05) is 18.4 Å². The first-order valence-electron chi connectivity index (χ1n) is 6.67. The van der Waals surface area contributed by atoms with Gasteiger partial charge in [-0.25, -0.2) is 0 Å². The van der Waals surface area contributed by atoms with E-state index < -0.39 is 6.10 Å². The van der Waals surface area contributed by atoms with Gasteiger partial charge in [-0.15, -0.1) is 11.3 Å². The van der Waals surface area contributed by atoms with Crippen LogP contribution in [0.3, 0.4) is 0 Å². The van der Waals surface area contributed by atoms with Gasteiger partial charge in [-0.2, -0.15) is 0 Å². The van der Waals surface area contributed by atoms with Crippen LogP contribution in [0.5, 0.6) is 0 Å². The van der Waals surface area contributed by atoms with Crippen molar-refractivity contribution in [2.24, 2.45) is 0 Å². The van der Waals surface area contributed by atoms with Crippen LogP contribution in [0.15, 0.2) is 35.7 Å².